The van der Waals surface area contributed by atoms with Gasteiger partial charge >= 0.3 is 5.97 Å². The van der Waals surface area contributed by atoms with Crippen LogP contribution in [0.1, 0.15) is 10.5 Å². The van der Waals surface area contributed by atoms with Crippen molar-refractivity contribution in [3.63, 3.8) is 0 Å². The molecule has 0 fully saturated rings. The van der Waals surface area contributed by atoms with Gasteiger partial charge in [0.25, 0.3) is 0 Å². The van der Waals surface area contributed by atoms with Crippen molar-refractivity contribution < 1.29 is 18.3 Å². The predicted molar refractivity (Wildman–Crippen MR) is 83.1 cm³/mol. The molecular weight excluding hydrogens is 417 g/mol. The minimum atomic E-state index is -0.819. The van der Waals surface area contributed by atoms with Gasteiger partial charge in [-0.15, -0.1) is 0 Å². The number of hydrogen-bond acceptors (Lipinski definition) is 4. The van der Waals surface area contributed by atoms with Crippen LogP contribution >= 0.6 is 34.2 Å². The number of nitrogens with two attached hydrogens (primary N) is 1. The Hall–Kier alpha value is -1.48. The molecule has 21 heavy (non-hydrogen) atoms. The van der Waals surface area contributed by atoms with Crippen LogP contribution in [-0.2, 0) is 4.74 Å². The van der Waals surface area contributed by atoms with Gasteiger partial charge in [0.1, 0.15) is 11.6 Å². The molecule has 0 aliphatic heterocycles. The van der Waals surface area contributed by atoms with Gasteiger partial charge in [-0.2, -0.15) is 0 Å². The van der Waals surface area contributed by atoms with Crippen LogP contribution in [0.4, 0.5) is 14.5 Å². The number of esters is 1. The second-order valence-corrected chi connectivity index (χ2v) is 5.54. The lowest BCUT2D eigenvalue weighted by Crippen LogP contribution is -2.08. The molecule has 8 heteroatoms. The number of benzene rings is 1. The number of nitrogen functional groups attached to an aromatic ring is 1. The third-order valence-corrected chi connectivity index (χ3v) is 3.87. The van der Waals surface area contributed by atoms with Crippen LogP contribution in [-0.4, -0.2) is 18.1 Å². The Morgan fingerprint density at radius 3 is 2.62 bits per heavy atom. The van der Waals surface area contributed by atoms with Crippen molar-refractivity contribution in [3.05, 3.63) is 44.1 Å². The highest BCUT2D eigenvalue weighted by molar-refractivity contribution is 14.1. The Labute approximate surface area is 137 Å². The summed E-state index contributed by atoms with van der Waals surface area (Å²) in [7, 11) is 1.15. The standard InChI is InChI=1S/C13H8ClF2IN2O2/c1-21-13(20)12-11(14)9(18)4-10(19-12)5-2-7(16)8(17)3-6(5)15/h2-4H,1H3,(H2,18,19). The Morgan fingerprint density at radius 1 is 1.33 bits per heavy atom. The van der Waals surface area contributed by atoms with Crippen LogP contribution in [0, 0.1) is 15.2 Å². The monoisotopic (exact) mass is 424 g/mol. The molecular formula is C13H8ClF2IN2O2. The number of ether oxygens (including phenoxy) is 1. The van der Waals surface area contributed by atoms with Crippen LogP contribution in [0.5, 0.6) is 0 Å². The normalized spacial score (nSPS) is 10.5. The maximum absolute atomic E-state index is 14.0. The van der Waals surface area contributed by atoms with Crippen molar-refractivity contribution in [1.82, 2.24) is 4.98 Å². The number of aromatic nitrogens is 1. The number of halogens is 4. The second-order valence-electron chi connectivity index (χ2n) is 4.00. The molecule has 2 aromatic rings. The van der Waals surface area contributed by atoms with Gasteiger partial charge in [-0.3, -0.25) is 0 Å². The molecule has 0 saturated heterocycles. The highest BCUT2D eigenvalue weighted by atomic mass is 127. The van der Waals surface area contributed by atoms with Gasteiger partial charge < -0.3 is 10.5 Å². The Kier molecular flexibility index (Phi) is 4.62. The summed E-state index contributed by atoms with van der Waals surface area (Å²) < 4.78 is 32.2. The molecule has 1 aromatic carbocycles. The minimum Gasteiger partial charge on any atom is -0.464 e. The number of anilines is 1. The SMILES string of the molecule is COC(=O)c1nc(-c2cc(F)c(I)cc2F)cc(N)c1Cl. The maximum Gasteiger partial charge on any atom is 0.358 e. The molecule has 110 valence electrons. The fraction of sp³-hybridized carbons (Fsp3) is 0.0769. The fourth-order valence-electron chi connectivity index (χ4n) is 1.64. The van der Waals surface area contributed by atoms with E-state index in [0.29, 0.717) is 0 Å². The van der Waals surface area contributed by atoms with E-state index < -0.39 is 17.6 Å². The van der Waals surface area contributed by atoms with E-state index in [1.807, 2.05) is 0 Å². The van der Waals surface area contributed by atoms with Gasteiger partial charge in [-0.25, -0.2) is 18.6 Å². The molecule has 0 spiro atoms. The maximum atomic E-state index is 14.0. The van der Waals surface area contributed by atoms with E-state index in [1.54, 1.807) is 22.6 Å². The number of carbonyl (C=O) groups excluding carboxylic acids is 1. The van der Waals surface area contributed by atoms with Gasteiger partial charge in [0.15, 0.2) is 5.69 Å². The first-order valence-electron chi connectivity index (χ1n) is 5.54. The van der Waals surface area contributed by atoms with Gasteiger partial charge in [-0.05, 0) is 40.8 Å². The van der Waals surface area contributed by atoms with Gasteiger partial charge in [0.2, 0.25) is 0 Å². The average Bonchev–Trinajstić information content (AvgIpc) is 2.45. The third kappa shape index (κ3) is 3.08. The van der Waals surface area contributed by atoms with Crippen molar-refractivity contribution in [2.24, 2.45) is 0 Å². The molecule has 1 aromatic heterocycles. The van der Waals surface area contributed by atoms with Crippen molar-refractivity contribution in [1.29, 1.82) is 0 Å². The average molecular weight is 425 g/mol. The molecule has 2 rings (SSSR count). The van der Waals surface area contributed by atoms with E-state index in [2.05, 4.69) is 9.72 Å². The summed E-state index contributed by atoms with van der Waals surface area (Å²) in [5.74, 6) is -2.12. The number of carbonyl (C=O) groups is 1. The molecule has 0 amide bonds. The lowest BCUT2D eigenvalue weighted by Gasteiger charge is -2.09. The molecule has 0 radical (unpaired) electrons. The van der Waals surface area contributed by atoms with Crippen LogP contribution < -0.4 is 5.73 Å². The van der Waals surface area contributed by atoms with Crippen molar-refractivity contribution >= 4 is 45.8 Å². The number of rotatable bonds is 2. The summed E-state index contributed by atoms with van der Waals surface area (Å²) in [4.78, 5) is 15.5. The van der Waals surface area contributed by atoms with Crippen LogP contribution in [0.25, 0.3) is 11.3 Å². The van der Waals surface area contributed by atoms with Crippen molar-refractivity contribution in [2.75, 3.05) is 12.8 Å². The number of nitrogens with zero attached hydrogens (tertiary/aromatic N) is 1. The summed E-state index contributed by atoms with van der Waals surface area (Å²) in [6.45, 7) is 0. The van der Waals surface area contributed by atoms with E-state index in [4.69, 9.17) is 17.3 Å². The van der Waals surface area contributed by atoms with Crippen molar-refractivity contribution in [2.45, 2.75) is 0 Å². The topological polar surface area (TPSA) is 65.2 Å². The van der Waals surface area contributed by atoms with Crippen LogP contribution in [0.15, 0.2) is 18.2 Å². The quantitative estimate of drug-likeness (QED) is 0.454. The molecule has 0 aliphatic carbocycles. The lowest BCUT2D eigenvalue weighted by molar-refractivity contribution is 0.0594. The lowest BCUT2D eigenvalue weighted by atomic mass is 10.1. The minimum absolute atomic E-state index is 0.00917. The first-order valence-corrected chi connectivity index (χ1v) is 7.00. The summed E-state index contributed by atoms with van der Waals surface area (Å²) in [6, 6.07) is 3.27. The Morgan fingerprint density at radius 2 is 2.00 bits per heavy atom. The van der Waals surface area contributed by atoms with Gasteiger partial charge in [0, 0.05) is 5.56 Å². The first-order chi connectivity index (χ1) is 9.85. The molecule has 2 N–H and O–H groups in total. The molecule has 0 saturated carbocycles. The van der Waals surface area contributed by atoms with Crippen molar-refractivity contribution in [3.8, 4) is 11.3 Å². The highest BCUT2D eigenvalue weighted by Crippen LogP contribution is 2.31. The van der Waals surface area contributed by atoms with Gasteiger partial charge in [-0.1, -0.05) is 11.6 Å². The largest absolute Gasteiger partial charge is 0.464 e. The third-order valence-electron chi connectivity index (χ3n) is 2.65. The van der Waals surface area contributed by atoms with E-state index in [0.717, 1.165) is 19.2 Å². The van der Waals surface area contributed by atoms with E-state index in [1.165, 1.54) is 6.07 Å². The molecule has 0 aliphatic rings. The molecule has 4 nitrogen and oxygen atoms in total. The summed E-state index contributed by atoms with van der Waals surface area (Å²) in [6.07, 6.45) is 0. The Balaban J connectivity index is 2.68. The predicted octanol–water partition coefficient (Wildman–Crippen LogP) is 3.65. The van der Waals surface area contributed by atoms with E-state index in [9.17, 15) is 13.6 Å². The van der Waals surface area contributed by atoms with E-state index in [-0.39, 0.29) is 31.2 Å². The molecule has 1 heterocycles. The number of methoxy groups -OCH3 is 1. The molecule has 0 bridgehead atoms. The zero-order valence-corrected chi connectivity index (χ0v) is 13.5. The smallest absolute Gasteiger partial charge is 0.358 e. The number of hydrogen-bond donors (Lipinski definition) is 1. The number of pyridine rings is 1. The van der Waals surface area contributed by atoms with Gasteiger partial charge in [0.05, 0.1) is 27.1 Å². The fourth-order valence-corrected chi connectivity index (χ4v) is 2.24. The highest BCUT2D eigenvalue weighted by Gasteiger charge is 2.19. The zero-order valence-electron chi connectivity index (χ0n) is 10.6. The zero-order chi connectivity index (χ0) is 15.7. The molecule has 0 unspecified atom stereocenters. The van der Waals surface area contributed by atoms with E-state index >= 15 is 0 Å². The Bertz CT molecular complexity index is 741. The second kappa shape index (κ2) is 6.10. The van der Waals surface area contributed by atoms with Crippen LogP contribution in [0.2, 0.25) is 5.02 Å². The summed E-state index contributed by atoms with van der Waals surface area (Å²) in [5, 5.41) is -0.100. The summed E-state index contributed by atoms with van der Waals surface area (Å²) >= 11 is 7.53. The summed E-state index contributed by atoms with van der Waals surface area (Å²) in [5.41, 5.74) is 5.30. The van der Waals surface area contributed by atoms with Crippen LogP contribution in [0.3, 0.4) is 0 Å². The molecule has 0 atom stereocenters. The first kappa shape index (κ1) is 15.9.